The smallest absolute Gasteiger partial charge is 0.100 e. The highest BCUT2D eigenvalue weighted by molar-refractivity contribution is 5.77. The van der Waals surface area contributed by atoms with E-state index in [2.05, 4.69) is 16.5 Å². The molecule has 2 rings (SSSR count). The van der Waals surface area contributed by atoms with Gasteiger partial charge in [-0.15, -0.1) is 0 Å². The van der Waals surface area contributed by atoms with Crippen molar-refractivity contribution >= 4 is 16.7 Å². The summed E-state index contributed by atoms with van der Waals surface area (Å²) in [6.45, 7) is 5.78. The molecule has 2 aromatic heterocycles. The lowest BCUT2D eigenvalue weighted by Crippen LogP contribution is -1.88. The highest BCUT2D eigenvalue weighted by atomic mass is 15.1. The maximum Gasteiger partial charge on any atom is 0.100 e. The number of fused-ring (bicyclic) bond motifs is 1. The Morgan fingerprint density at radius 1 is 1.58 bits per heavy atom. The van der Waals surface area contributed by atoms with Crippen molar-refractivity contribution < 1.29 is 0 Å². The van der Waals surface area contributed by atoms with Crippen molar-refractivity contribution in [3.05, 3.63) is 31.4 Å². The maximum atomic E-state index is 4.20. The van der Waals surface area contributed by atoms with Crippen molar-refractivity contribution in [3.8, 4) is 0 Å². The summed E-state index contributed by atoms with van der Waals surface area (Å²) in [7, 11) is 0. The van der Waals surface area contributed by atoms with E-state index in [1.54, 1.807) is 18.7 Å². The molecule has 2 heterocycles. The van der Waals surface area contributed by atoms with E-state index in [-0.39, 0.29) is 0 Å². The fourth-order valence-corrected chi connectivity index (χ4v) is 1.16. The van der Waals surface area contributed by atoms with Crippen molar-refractivity contribution in [1.82, 2.24) is 14.5 Å². The van der Waals surface area contributed by atoms with Gasteiger partial charge in [0.25, 0.3) is 0 Å². The normalized spacial score (nSPS) is 10.4. The van der Waals surface area contributed by atoms with Crippen molar-refractivity contribution in [2.75, 3.05) is 0 Å². The van der Waals surface area contributed by atoms with Gasteiger partial charge in [0.15, 0.2) is 0 Å². The molecule has 0 fully saturated rings. The molecule has 0 bridgehead atoms. The first-order valence-corrected chi connectivity index (χ1v) is 3.72. The number of nitrogens with zero attached hydrogens (tertiary/aromatic N) is 3. The zero-order chi connectivity index (χ0) is 8.55. The van der Waals surface area contributed by atoms with Crippen molar-refractivity contribution in [1.29, 1.82) is 0 Å². The van der Waals surface area contributed by atoms with Crippen LogP contribution in [0.15, 0.2) is 31.4 Å². The Kier molecular flexibility index (Phi) is 1.43. The lowest BCUT2D eigenvalue weighted by molar-refractivity contribution is 1.11. The first-order chi connectivity index (χ1) is 5.79. The standard InChI is InChI=1S/C9H9N3/c1-7(2)12-6-11-8-3-4-10-5-9(8)12/h3-6H,1H2,2H3. The second kappa shape index (κ2) is 2.44. The maximum absolute atomic E-state index is 4.20. The summed E-state index contributed by atoms with van der Waals surface area (Å²) in [6.07, 6.45) is 5.28. The Labute approximate surface area is 70.4 Å². The fourth-order valence-electron chi connectivity index (χ4n) is 1.16. The van der Waals surface area contributed by atoms with Crippen LogP contribution in [0, 0.1) is 0 Å². The zero-order valence-corrected chi connectivity index (χ0v) is 6.86. The molecule has 0 aliphatic rings. The van der Waals surface area contributed by atoms with E-state index in [0.717, 1.165) is 16.7 Å². The molecule has 0 saturated carbocycles. The number of pyridine rings is 1. The van der Waals surface area contributed by atoms with Crippen LogP contribution in [0.1, 0.15) is 6.92 Å². The molecule has 3 heteroatoms. The molecule has 0 aromatic carbocycles. The van der Waals surface area contributed by atoms with Crippen LogP contribution in [0.2, 0.25) is 0 Å². The molecule has 3 nitrogen and oxygen atoms in total. The Hall–Kier alpha value is -1.64. The third-order valence-electron chi connectivity index (χ3n) is 1.76. The molecule has 0 atom stereocenters. The van der Waals surface area contributed by atoms with Crippen LogP contribution < -0.4 is 0 Å². The minimum atomic E-state index is 0.950. The minimum absolute atomic E-state index is 0.950. The Balaban J connectivity index is 2.79. The SMILES string of the molecule is C=C(C)n1cnc2ccncc21. The van der Waals surface area contributed by atoms with Crippen LogP contribution in [0.5, 0.6) is 0 Å². The van der Waals surface area contributed by atoms with Gasteiger partial charge in [0.2, 0.25) is 0 Å². The summed E-state index contributed by atoms with van der Waals surface area (Å²) in [5, 5.41) is 0. The van der Waals surface area contributed by atoms with Crippen LogP contribution >= 0.6 is 0 Å². The number of hydrogen-bond acceptors (Lipinski definition) is 2. The minimum Gasteiger partial charge on any atom is -0.302 e. The summed E-state index contributed by atoms with van der Waals surface area (Å²) in [5.74, 6) is 0. The van der Waals surface area contributed by atoms with E-state index in [1.165, 1.54) is 0 Å². The largest absolute Gasteiger partial charge is 0.302 e. The van der Waals surface area contributed by atoms with E-state index in [0.29, 0.717) is 0 Å². The third-order valence-corrected chi connectivity index (χ3v) is 1.76. The number of aromatic nitrogens is 3. The summed E-state index contributed by atoms with van der Waals surface area (Å²) in [5.41, 5.74) is 2.91. The second-order valence-electron chi connectivity index (χ2n) is 2.71. The van der Waals surface area contributed by atoms with Crippen LogP contribution in [0.4, 0.5) is 0 Å². The Morgan fingerprint density at radius 3 is 3.17 bits per heavy atom. The Morgan fingerprint density at radius 2 is 2.42 bits per heavy atom. The molecule has 0 radical (unpaired) electrons. The highest BCUT2D eigenvalue weighted by Gasteiger charge is 2.00. The van der Waals surface area contributed by atoms with Gasteiger partial charge in [0, 0.05) is 11.9 Å². The van der Waals surface area contributed by atoms with E-state index in [4.69, 9.17) is 0 Å². The zero-order valence-electron chi connectivity index (χ0n) is 6.86. The van der Waals surface area contributed by atoms with Crippen LogP contribution in [0.25, 0.3) is 16.7 Å². The van der Waals surface area contributed by atoms with Crippen molar-refractivity contribution in [3.63, 3.8) is 0 Å². The molecular weight excluding hydrogens is 150 g/mol. The van der Waals surface area contributed by atoms with Gasteiger partial charge in [0.05, 0.1) is 17.2 Å². The van der Waals surface area contributed by atoms with Gasteiger partial charge in [-0.25, -0.2) is 4.98 Å². The van der Waals surface area contributed by atoms with Gasteiger partial charge in [-0.05, 0) is 13.0 Å². The van der Waals surface area contributed by atoms with Crippen LogP contribution in [0.3, 0.4) is 0 Å². The number of hydrogen-bond donors (Lipinski definition) is 0. The summed E-state index contributed by atoms with van der Waals surface area (Å²) >= 11 is 0. The summed E-state index contributed by atoms with van der Waals surface area (Å²) in [4.78, 5) is 8.23. The number of allylic oxidation sites excluding steroid dienone is 1. The Bertz CT molecular complexity index is 428. The molecule has 2 aromatic rings. The molecule has 12 heavy (non-hydrogen) atoms. The predicted octanol–water partition coefficient (Wildman–Crippen LogP) is 1.92. The van der Waals surface area contributed by atoms with E-state index in [9.17, 15) is 0 Å². The first kappa shape index (κ1) is 7.03. The summed E-state index contributed by atoms with van der Waals surface area (Å²) in [6, 6.07) is 1.88. The topological polar surface area (TPSA) is 30.7 Å². The lowest BCUT2D eigenvalue weighted by atomic mass is 10.4. The molecular formula is C9H9N3. The van der Waals surface area contributed by atoms with Gasteiger partial charge >= 0.3 is 0 Å². The van der Waals surface area contributed by atoms with E-state index < -0.39 is 0 Å². The quantitative estimate of drug-likeness (QED) is 0.636. The molecule has 60 valence electrons. The van der Waals surface area contributed by atoms with Gasteiger partial charge in [0.1, 0.15) is 6.33 Å². The van der Waals surface area contributed by atoms with Gasteiger partial charge < -0.3 is 4.57 Å². The second-order valence-corrected chi connectivity index (χ2v) is 2.71. The fraction of sp³-hybridized carbons (Fsp3) is 0.111. The van der Waals surface area contributed by atoms with Crippen LogP contribution in [-0.4, -0.2) is 14.5 Å². The average Bonchev–Trinajstić information content (AvgIpc) is 2.47. The first-order valence-electron chi connectivity index (χ1n) is 3.72. The van der Waals surface area contributed by atoms with Crippen molar-refractivity contribution in [2.45, 2.75) is 6.92 Å². The van der Waals surface area contributed by atoms with E-state index >= 15 is 0 Å². The lowest BCUT2D eigenvalue weighted by Gasteiger charge is -1.99. The third kappa shape index (κ3) is 0.906. The average molecular weight is 159 g/mol. The van der Waals surface area contributed by atoms with Gasteiger partial charge in [-0.3, -0.25) is 4.98 Å². The molecule has 0 aliphatic carbocycles. The number of rotatable bonds is 1. The monoisotopic (exact) mass is 159 g/mol. The molecule has 0 aliphatic heterocycles. The predicted molar refractivity (Wildman–Crippen MR) is 48.5 cm³/mol. The van der Waals surface area contributed by atoms with Gasteiger partial charge in [-0.2, -0.15) is 0 Å². The van der Waals surface area contributed by atoms with Crippen molar-refractivity contribution in [2.24, 2.45) is 0 Å². The van der Waals surface area contributed by atoms with Gasteiger partial charge in [-0.1, -0.05) is 6.58 Å². The van der Waals surface area contributed by atoms with E-state index in [1.807, 2.05) is 17.6 Å². The highest BCUT2D eigenvalue weighted by Crippen LogP contribution is 2.13. The number of imidazole rings is 1. The van der Waals surface area contributed by atoms with Crippen LogP contribution in [-0.2, 0) is 0 Å². The molecule has 0 spiro atoms. The molecule has 0 amide bonds. The molecule has 0 N–H and O–H groups in total. The molecule has 0 saturated heterocycles. The molecule has 0 unspecified atom stereocenters. The summed E-state index contributed by atoms with van der Waals surface area (Å²) < 4.78 is 1.92.